The second-order valence-corrected chi connectivity index (χ2v) is 4.32. The summed E-state index contributed by atoms with van der Waals surface area (Å²) in [6.45, 7) is 0. The third-order valence-electron chi connectivity index (χ3n) is 2.66. The van der Waals surface area contributed by atoms with Crippen LogP contribution in [-0.2, 0) is 6.42 Å². The highest BCUT2D eigenvalue weighted by molar-refractivity contribution is 6.31. The molecule has 0 bridgehead atoms. The molecular weight excluding hydrogens is 246 g/mol. The van der Waals surface area contributed by atoms with Crippen molar-refractivity contribution >= 4 is 11.6 Å². The van der Waals surface area contributed by atoms with E-state index in [1.165, 1.54) is 0 Å². The molecule has 0 unspecified atom stereocenters. The first-order chi connectivity index (χ1) is 8.74. The monoisotopic (exact) mass is 257 g/mol. The zero-order valence-electron chi connectivity index (χ0n) is 9.98. The predicted octanol–water partition coefficient (Wildman–Crippen LogP) is 4.08. The fraction of sp³-hybridized carbons (Fsp3) is 0.133. The molecule has 0 spiro atoms. The Balaban J connectivity index is 2.53. The second kappa shape index (κ2) is 5.57. The molecule has 90 valence electrons. The Hall–Kier alpha value is -1.98. The van der Waals surface area contributed by atoms with E-state index in [2.05, 4.69) is 6.07 Å². The number of halogens is 1. The highest BCUT2D eigenvalue weighted by Gasteiger charge is 2.07. The van der Waals surface area contributed by atoms with Gasteiger partial charge in [-0.15, -0.1) is 0 Å². The largest absolute Gasteiger partial charge is 0.496 e. The van der Waals surface area contributed by atoms with Gasteiger partial charge in [-0.1, -0.05) is 29.8 Å². The molecule has 2 aromatic rings. The fourth-order valence-corrected chi connectivity index (χ4v) is 2.14. The number of nitriles is 1. The van der Waals surface area contributed by atoms with E-state index in [0.717, 1.165) is 22.4 Å². The molecule has 0 atom stereocenters. The summed E-state index contributed by atoms with van der Waals surface area (Å²) in [6, 6.07) is 15.5. The van der Waals surface area contributed by atoms with E-state index in [4.69, 9.17) is 21.6 Å². The summed E-state index contributed by atoms with van der Waals surface area (Å²) >= 11 is 6.08. The van der Waals surface area contributed by atoms with Crippen LogP contribution in [0.1, 0.15) is 5.56 Å². The molecule has 0 N–H and O–H groups in total. The summed E-state index contributed by atoms with van der Waals surface area (Å²) < 4.78 is 5.33. The predicted molar refractivity (Wildman–Crippen MR) is 72.8 cm³/mol. The lowest BCUT2D eigenvalue weighted by Gasteiger charge is -2.09. The quantitative estimate of drug-likeness (QED) is 0.830. The topological polar surface area (TPSA) is 33.0 Å². The van der Waals surface area contributed by atoms with Gasteiger partial charge >= 0.3 is 0 Å². The molecule has 0 aliphatic rings. The third-order valence-corrected chi connectivity index (χ3v) is 2.88. The van der Waals surface area contributed by atoms with Crippen molar-refractivity contribution in [2.24, 2.45) is 0 Å². The summed E-state index contributed by atoms with van der Waals surface area (Å²) in [4.78, 5) is 0. The molecule has 0 aliphatic heterocycles. The van der Waals surface area contributed by atoms with E-state index < -0.39 is 0 Å². The Kier molecular flexibility index (Phi) is 3.86. The number of nitrogens with zero attached hydrogens (tertiary/aromatic N) is 1. The molecule has 3 heteroatoms. The van der Waals surface area contributed by atoms with Crippen molar-refractivity contribution in [3.05, 3.63) is 53.1 Å². The van der Waals surface area contributed by atoms with Crippen molar-refractivity contribution in [3.63, 3.8) is 0 Å². The Morgan fingerprint density at radius 1 is 1.22 bits per heavy atom. The van der Waals surface area contributed by atoms with Crippen LogP contribution in [0.3, 0.4) is 0 Å². The summed E-state index contributed by atoms with van der Waals surface area (Å²) in [5, 5.41) is 9.38. The summed E-state index contributed by atoms with van der Waals surface area (Å²) in [6.07, 6.45) is 0.350. The minimum Gasteiger partial charge on any atom is -0.496 e. The Morgan fingerprint density at radius 2 is 2.00 bits per heavy atom. The van der Waals surface area contributed by atoms with Crippen LogP contribution in [0.25, 0.3) is 11.1 Å². The van der Waals surface area contributed by atoms with Crippen molar-refractivity contribution in [2.75, 3.05) is 7.11 Å². The first-order valence-electron chi connectivity index (χ1n) is 5.54. The Morgan fingerprint density at radius 3 is 2.72 bits per heavy atom. The van der Waals surface area contributed by atoms with Crippen molar-refractivity contribution in [1.29, 1.82) is 5.26 Å². The molecule has 0 saturated heterocycles. The van der Waals surface area contributed by atoms with Gasteiger partial charge in [-0.05, 0) is 35.4 Å². The highest BCUT2D eigenvalue weighted by atomic mass is 35.5. The van der Waals surface area contributed by atoms with Crippen molar-refractivity contribution in [1.82, 2.24) is 0 Å². The van der Waals surface area contributed by atoms with Crippen LogP contribution >= 0.6 is 11.6 Å². The number of ether oxygens (including phenoxy) is 1. The molecular formula is C15H12ClNO. The lowest BCUT2D eigenvalue weighted by Crippen LogP contribution is -1.89. The van der Waals surface area contributed by atoms with E-state index in [0.29, 0.717) is 11.4 Å². The summed E-state index contributed by atoms with van der Waals surface area (Å²) in [5.41, 5.74) is 2.85. The van der Waals surface area contributed by atoms with Gasteiger partial charge in [0.25, 0.3) is 0 Å². The van der Waals surface area contributed by atoms with Crippen LogP contribution in [0, 0.1) is 11.3 Å². The van der Waals surface area contributed by atoms with Crippen molar-refractivity contribution < 1.29 is 4.74 Å². The van der Waals surface area contributed by atoms with E-state index in [9.17, 15) is 0 Å². The van der Waals surface area contributed by atoms with E-state index in [1.54, 1.807) is 7.11 Å². The number of hydrogen-bond acceptors (Lipinski definition) is 2. The fourth-order valence-electron chi connectivity index (χ4n) is 1.88. The van der Waals surface area contributed by atoms with Gasteiger partial charge in [0.1, 0.15) is 5.75 Å². The lowest BCUT2D eigenvalue weighted by atomic mass is 10.0. The zero-order valence-corrected chi connectivity index (χ0v) is 10.7. The molecule has 0 amide bonds. The minimum atomic E-state index is 0.350. The molecule has 0 saturated carbocycles. The molecule has 0 heterocycles. The molecule has 2 rings (SSSR count). The van der Waals surface area contributed by atoms with Gasteiger partial charge in [0.2, 0.25) is 0 Å². The maximum atomic E-state index is 8.76. The van der Waals surface area contributed by atoms with Gasteiger partial charge < -0.3 is 4.74 Å². The first kappa shape index (κ1) is 12.5. The molecule has 0 aromatic heterocycles. The summed E-state index contributed by atoms with van der Waals surface area (Å²) in [7, 11) is 1.64. The van der Waals surface area contributed by atoms with E-state index in [-0.39, 0.29) is 0 Å². The molecule has 2 aromatic carbocycles. The van der Waals surface area contributed by atoms with Gasteiger partial charge in [-0.25, -0.2) is 0 Å². The van der Waals surface area contributed by atoms with Crippen LogP contribution in [0.5, 0.6) is 5.75 Å². The van der Waals surface area contributed by atoms with Crippen LogP contribution in [0.2, 0.25) is 5.02 Å². The van der Waals surface area contributed by atoms with E-state index >= 15 is 0 Å². The average molecular weight is 258 g/mol. The number of rotatable bonds is 3. The van der Waals surface area contributed by atoms with Gasteiger partial charge in [0, 0.05) is 10.6 Å². The van der Waals surface area contributed by atoms with Crippen LogP contribution in [0.4, 0.5) is 0 Å². The van der Waals surface area contributed by atoms with Crippen molar-refractivity contribution in [3.8, 4) is 22.9 Å². The molecule has 0 fully saturated rings. The van der Waals surface area contributed by atoms with Crippen LogP contribution in [-0.4, -0.2) is 7.11 Å². The number of para-hydroxylation sites is 1. The minimum absolute atomic E-state index is 0.350. The van der Waals surface area contributed by atoms with Gasteiger partial charge in [0.05, 0.1) is 19.6 Å². The second-order valence-electron chi connectivity index (χ2n) is 3.88. The maximum absolute atomic E-state index is 8.76. The first-order valence-corrected chi connectivity index (χ1v) is 5.92. The molecule has 0 aliphatic carbocycles. The SMILES string of the molecule is COc1ccccc1-c1cc(Cl)cc(CC#N)c1. The molecule has 18 heavy (non-hydrogen) atoms. The highest BCUT2D eigenvalue weighted by Crippen LogP contribution is 2.32. The van der Waals surface area contributed by atoms with Gasteiger partial charge in [0.15, 0.2) is 0 Å². The third kappa shape index (κ3) is 2.64. The van der Waals surface area contributed by atoms with Gasteiger partial charge in [-0.3, -0.25) is 0 Å². The van der Waals surface area contributed by atoms with Crippen LogP contribution < -0.4 is 4.74 Å². The normalized spacial score (nSPS) is 9.83. The Labute approximate surface area is 111 Å². The summed E-state index contributed by atoms with van der Waals surface area (Å²) in [5.74, 6) is 0.794. The Bertz CT molecular complexity index is 602. The average Bonchev–Trinajstić information content (AvgIpc) is 2.38. The van der Waals surface area contributed by atoms with E-state index in [1.807, 2.05) is 42.5 Å². The standard InChI is InChI=1S/C15H12ClNO/c1-18-15-5-3-2-4-14(15)12-8-11(6-7-17)9-13(16)10-12/h2-5,8-10H,6H2,1H3. The molecule has 0 radical (unpaired) electrons. The maximum Gasteiger partial charge on any atom is 0.126 e. The van der Waals surface area contributed by atoms with Crippen LogP contribution in [0.15, 0.2) is 42.5 Å². The lowest BCUT2D eigenvalue weighted by molar-refractivity contribution is 0.416. The number of methoxy groups -OCH3 is 1. The van der Waals surface area contributed by atoms with Gasteiger partial charge in [-0.2, -0.15) is 5.26 Å². The zero-order chi connectivity index (χ0) is 13.0. The molecule has 2 nitrogen and oxygen atoms in total. The van der Waals surface area contributed by atoms with Crippen molar-refractivity contribution in [2.45, 2.75) is 6.42 Å². The number of hydrogen-bond donors (Lipinski definition) is 0. The number of benzene rings is 2. The smallest absolute Gasteiger partial charge is 0.126 e.